The summed E-state index contributed by atoms with van der Waals surface area (Å²) in [7, 11) is 1.51. The third-order valence-corrected chi connectivity index (χ3v) is 4.15. The lowest BCUT2D eigenvalue weighted by atomic mass is 10.1. The van der Waals surface area contributed by atoms with Crippen LogP contribution in [0.3, 0.4) is 0 Å². The van der Waals surface area contributed by atoms with Gasteiger partial charge in [0.1, 0.15) is 11.4 Å². The molecular formula is C22H28F3IN4O2. The van der Waals surface area contributed by atoms with Crippen LogP contribution in [0.2, 0.25) is 0 Å². The number of amides is 1. The number of ether oxygens (including phenoxy) is 1. The first-order chi connectivity index (χ1) is 14.4. The van der Waals surface area contributed by atoms with Gasteiger partial charge in [-0.15, -0.1) is 24.0 Å². The summed E-state index contributed by atoms with van der Waals surface area (Å²) < 4.78 is 46.3. The first kappa shape index (κ1) is 27.5. The molecule has 0 aromatic heterocycles. The van der Waals surface area contributed by atoms with Crippen molar-refractivity contribution in [2.75, 3.05) is 7.05 Å². The third-order valence-electron chi connectivity index (χ3n) is 4.15. The number of carbonyl (C=O) groups is 1. The molecule has 0 aliphatic rings. The summed E-state index contributed by atoms with van der Waals surface area (Å²) in [6.45, 7) is 5.52. The summed E-state index contributed by atoms with van der Waals surface area (Å²) in [5.74, 6) is -0.0732. The van der Waals surface area contributed by atoms with Crippen molar-refractivity contribution in [2.24, 2.45) is 10.7 Å². The van der Waals surface area contributed by atoms with Crippen LogP contribution in [0.4, 0.5) is 13.2 Å². The normalized spacial score (nSPS) is 12.0. The number of nitrogens with two attached hydrogens (primary N) is 1. The van der Waals surface area contributed by atoms with Crippen molar-refractivity contribution in [3.63, 3.8) is 0 Å². The number of alkyl halides is 3. The molecule has 0 unspecified atom stereocenters. The smallest absolute Gasteiger partial charge is 0.416 e. The van der Waals surface area contributed by atoms with E-state index >= 15 is 0 Å². The zero-order valence-electron chi connectivity index (χ0n) is 18.3. The monoisotopic (exact) mass is 564 g/mol. The molecule has 2 rings (SSSR count). The van der Waals surface area contributed by atoms with Crippen molar-refractivity contribution >= 4 is 35.8 Å². The van der Waals surface area contributed by atoms with Crippen molar-refractivity contribution in [3.8, 4) is 5.75 Å². The van der Waals surface area contributed by atoms with Gasteiger partial charge in [-0.2, -0.15) is 13.2 Å². The number of hydrogen-bond donors (Lipinski definition) is 3. The van der Waals surface area contributed by atoms with E-state index in [1.165, 1.54) is 19.2 Å². The van der Waals surface area contributed by atoms with Crippen LogP contribution in [-0.2, 0) is 19.3 Å². The molecule has 2 aromatic rings. The first-order valence-corrected chi connectivity index (χ1v) is 9.61. The summed E-state index contributed by atoms with van der Waals surface area (Å²) in [5.41, 5.74) is 5.10. The van der Waals surface area contributed by atoms with Crippen molar-refractivity contribution in [2.45, 2.75) is 45.6 Å². The van der Waals surface area contributed by atoms with E-state index in [2.05, 4.69) is 15.6 Å². The molecule has 0 atom stereocenters. The minimum absolute atomic E-state index is 0. The van der Waals surface area contributed by atoms with Crippen LogP contribution in [0, 0.1) is 0 Å². The average molecular weight is 564 g/mol. The van der Waals surface area contributed by atoms with E-state index in [-0.39, 0.29) is 41.8 Å². The Balaban J connectivity index is 0.00000512. The van der Waals surface area contributed by atoms with Crippen LogP contribution in [0.15, 0.2) is 47.5 Å². The van der Waals surface area contributed by atoms with Crippen molar-refractivity contribution in [1.29, 1.82) is 0 Å². The maximum Gasteiger partial charge on any atom is 0.416 e. The molecule has 0 saturated heterocycles. The first-order valence-electron chi connectivity index (χ1n) is 9.61. The van der Waals surface area contributed by atoms with E-state index in [0.717, 1.165) is 11.6 Å². The van der Waals surface area contributed by atoms with Crippen molar-refractivity contribution < 1.29 is 22.7 Å². The molecule has 6 nitrogen and oxygen atoms in total. The fourth-order valence-electron chi connectivity index (χ4n) is 2.81. The number of halogens is 4. The van der Waals surface area contributed by atoms with Gasteiger partial charge in [-0.1, -0.05) is 18.2 Å². The van der Waals surface area contributed by atoms with Gasteiger partial charge in [-0.3, -0.25) is 9.79 Å². The van der Waals surface area contributed by atoms with Gasteiger partial charge in [-0.05, 0) is 56.2 Å². The molecule has 0 fully saturated rings. The lowest BCUT2D eigenvalue weighted by molar-refractivity contribution is -0.138. The van der Waals surface area contributed by atoms with Crippen LogP contribution in [-0.4, -0.2) is 24.5 Å². The van der Waals surface area contributed by atoms with Crippen LogP contribution in [0.25, 0.3) is 0 Å². The summed E-state index contributed by atoms with van der Waals surface area (Å²) in [4.78, 5) is 15.3. The summed E-state index contributed by atoms with van der Waals surface area (Å²) in [5, 5.41) is 5.88. The number of nitrogens with zero attached hydrogens (tertiary/aromatic N) is 1. The lowest BCUT2D eigenvalue weighted by Gasteiger charge is -2.23. The Morgan fingerprint density at radius 3 is 2.28 bits per heavy atom. The Kier molecular flexibility index (Phi) is 9.80. The van der Waals surface area contributed by atoms with Crippen molar-refractivity contribution in [1.82, 2.24) is 10.6 Å². The Bertz CT molecular complexity index is 957. The van der Waals surface area contributed by atoms with E-state index in [1.807, 2.05) is 0 Å². The molecule has 0 aliphatic carbocycles. The number of primary amides is 1. The third kappa shape index (κ3) is 8.56. The largest absolute Gasteiger partial charge is 0.488 e. The molecule has 0 heterocycles. The number of rotatable bonds is 6. The summed E-state index contributed by atoms with van der Waals surface area (Å²) in [6, 6.07) is 10.6. The Hall–Kier alpha value is -2.50. The van der Waals surface area contributed by atoms with Gasteiger partial charge in [0.25, 0.3) is 0 Å². The standard InChI is InChI=1S/C22H27F3N4O2.HI/c1-21(2,3)31-17-9-8-16(18(11-17)22(23,24)25)13-29-20(27-4)28-12-14-6-5-7-15(10-14)19(26)30;/h5-11H,12-13H2,1-4H3,(H2,26,30)(H2,27,28,29);1H. The minimum Gasteiger partial charge on any atom is -0.488 e. The predicted octanol–water partition coefficient (Wildman–Crippen LogP) is 4.46. The molecule has 0 bridgehead atoms. The highest BCUT2D eigenvalue weighted by atomic mass is 127. The van der Waals surface area contributed by atoms with Gasteiger partial charge in [0.05, 0.1) is 5.56 Å². The second-order valence-electron chi connectivity index (χ2n) is 7.88. The van der Waals surface area contributed by atoms with E-state index in [1.54, 1.807) is 45.0 Å². The zero-order chi connectivity index (χ0) is 23.2. The van der Waals surface area contributed by atoms with E-state index in [4.69, 9.17) is 10.5 Å². The SMILES string of the molecule is CN=C(NCc1cccc(C(N)=O)c1)NCc1ccc(OC(C)(C)C)cc1C(F)(F)F.I. The van der Waals surface area contributed by atoms with Gasteiger partial charge in [0, 0.05) is 25.7 Å². The number of guanidine groups is 1. The Morgan fingerprint density at radius 2 is 1.72 bits per heavy atom. The second kappa shape index (κ2) is 11.4. The molecule has 176 valence electrons. The molecule has 1 amide bonds. The fraction of sp³-hybridized carbons (Fsp3) is 0.364. The van der Waals surface area contributed by atoms with E-state index in [0.29, 0.717) is 18.1 Å². The highest BCUT2D eigenvalue weighted by Crippen LogP contribution is 2.35. The molecular weight excluding hydrogens is 536 g/mol. The van der Waals surface area contributed by atoms with Gasteiger partial charge in [-0.25, -0.2) is 0 Å². The molecule has 0 aliphatic heterocycles. The van der Waals surface area contributed by atoms with Gasteiger partial charge in [0.2, 0.25) is 5.91 Å². The fourth-order valence-corrected chi connectivity index (χ4v) is 2.81. The average Bonchev–Trinajstić information content (AvgIpc) is 2.67. The summed E-state index contributed by atoms with van der Waals surface area (Å²) >= 11 is 0. The lowest BCUT2D eigenvalue weighted by Crippen LogP contribution is -2.36. The molecule has 32 heavy (non-hydrogen) atoms. The maximum absolute atomic E-state index is 13.6. The molecule has 0 radical (unpaired) electrons. The molecule has 2 aromatic carbocycles. The number of aliphatic imine (C=N–C) groups is 1. The second-order valence-corrected chi connectivity index (χ2v) is 7.88. The maximum atomic E-state index is 13.6. The van der Waals surface area contributed by atoms with Crippen LogP contribution in [0.5, 0.6) is 5.75 Å². The molecule has 4 N–H and O–H groups in total. The van der Waals surface area contributed by atoms with Gasteiger partial charge >= 0.3 is 6.18 Å². The number of carbonyl (C=O) groups excluding carboxylic acids is 1. The number of nitrogens with one attached hydrogen (secondary N) is 2. The van der Waals surface area contributed by atoms with Crippen LogP contribution in [0.1, 0.15) is 47.8 Å². The van der Waals surface area contributed by atoms with Crippen LogP contribution >= 0.6 is 24.0 Å². The highest BCUT2D eigenvalue weighted by molar-refractivity contribution is 14.0. The molecule has 0 saturated carbocycles. The van der Waals surface area contributed by atoms with Crippen LogP contribution < -0.4 is 21.1 Å². The van der Waals surface area contributed by atoms with Gasteiger partial charge < -0.3 is 21.1 Å². The van der Waals surface area contributed by atoms with E-state index in [9.17, 15) is 18.0 Å². The predicted molar refractivity (Wildman–Crippen MR) is 129 cm³/mol. The number of benzene rings is 2. The van der Waals surface area contributed by atoms with Crippen molar-refractivity contribution in [3.05, 3.63) is 64.7 Å². The topological polar surface area (TPSA) is 88.7 Å². The quantitative estimate of drug-likeness (QED) is 0.275. The Labute approximate surface area is 202 Å². The Morgan fingerprint density at radius 1 is 1.06 bits per heavy atom. The van der Waals surface area contributed by atoms with Gasteiger partial charge in [0.15, 0.2) is 5.96 Å². The van der Waals surface area contributed by atoms with E-state index < -0.39 is 23.2 Å². The minimum atomic E-state index is -4.53. The highest BCUT2D eigenvalue weighted by Gasteiger charge is 2.34. The molecule has 10 heteroatoms. The summed E-state index contributed by atoms with van der Waals surface area (Å²) in [6.07, 6.45) is -4.53. The molecule has 0 spiro atoms. The number of hydrogen-bond acceptors (Lipinski definition) is 3. The zero-order valence-corrected chi connectivity index (χ0v) is 20.7.